The van der Waals surface area contributed by atoms with Crippen LogP contribution >= 0.6 is 0 Å². The maximum Gasteiger partial charge on any atom is 0.261 e. The van der Waals surface area contributed by atoms with Crippen molar-refractivity contribution in [2.24, 2.45) is 5.41 Å². The van der Waals surface area contributed by atoms with Gasteiger partial charge in [0.15, 0.2) is 0 Å². The molecule has 0 amide bonds. The molecule has 0 bridgehead atoms. The molecule has 3 heterocycles. The summed E-state index contributed by atoms with van der Waals surface area (Å²) < 4.78 is 7.28. The lowest BCUT2D eigenvalue weighted by Crippen LogP contribution is -2.36. The highest BCUT2D eigenvalue weighted by Gasteiger charge is 2.27. The highest BCUT2D eigenvalue weighted by Crippen LogP contribution is 2.30. The topological polar surface area (TPSA) is 60.9 Å². The average Bonchev–Trinajstić information content (AvgIpc) is 2.94. The molecule has 0 aliphatic carbocycles. The van der Waals surface area contributed by atoms with Gasteiger partial charge in [0.25, 0.3) is 5.56 Å². The molecule has 0 radical (unpaired) electrons. The minimum Gasteiger partial charge on any atom is -0.444 e. The number of oxazole rings is 1. The monoisotopic (exact) mass is 309 g/mol. The van der Waals surface area contributed by atoms with E-state index in [-0.39, 0.29) is 11.0 Å². The number of aryl methyl sites for hydroxylation is 2. The minimum absolute atomic E-state index is 0.0490. The molecular weight excluding hydrogens is 290 g/mol. The van der Waals surface area contributed by atoms with Gasteiger partial charge in [-0.05, 0) is 37.0 Å². The Labute approximate surface area is 134 Å². The summed E-state index contributed by atoms with van der Waals surface area (Å²) in [6.45, 7) is 7.00. The molecule has 2 aromatic heterocycles. The van der Waals surface area contributed by atoms with Gasteiger partial charge in [-0.25, -0.2) is 9.97 Å². The van der Waals surface area contributed by atoms with Crippen LogP contribution in [0.2, 0.25) is 0 Å². The second kappa shape index (κ2) is 4.78. The Morgan fingerprint density at radius 3 is 2.83 bits per heavy atom. The summed E-state index contributed by atoms with van der Waals surface area (Å²) >= 11 is 0. The maximum absolute atomic E-state index is 12.8. The van der Waals surface area contributed by atoms with E-state index in [1.807, 2.05) is 29.7 Å². The maximum atomic E-state index is 12.8. The number of aromatic nitrogens is 3. The summed E-state index contributed by atoms with van der Waals surface area (Å²) in [6, 6.07) is 5.59. The lowest BCUT2D eigenvalue weighted by molar-refractivity contribution is 0.240. The Morgan fingerprint density at radius 2 is 2.09 bits per heavy atom. The summed E-state index contributed by atoms with van der Waals surface area (Å²) in [4.78, 5) is 21.9. The normalized spacial score (nSPS) is 16.5. The highest BCUT2D eigenvalue weighted by atomic mass is 16.3. The van der Waals surface area contributed by atoms with Gasteiger partial charge in [0.2, 0.25) is 5.89 Å². The van der Waals surface area contributed by atoms with Crippen molar-refractivity contribution in [1.82, 2.24) is 14.5 Å². The van der Waals surface area contributed by atoms with E-state index in [2.05, 4.69) is 18.8 Å². The molecule has 0 atom stereocenters. The van der Waals surface area contributed by atoms with E-state index in [9.17, 15) is 4.79 Å². The predicted octanol–water partition coefficient (Wildman–Crippen LogP) is 3.33. The van der Waals surface area contributed by atoms with Gasteiger partial charge < -0.3 is 4.42 Å². The van der Waals surface area contributed by atoms with E-state index >= 15 is 0 Å². The Morgan fingerprint density at radius 1 is 1.26 bits per heavy atom. The van der Waals surface area contributed by atoms with Gasteiger partial charge >= 0.3 is 0 Å². The van der Waals surface area contributed by atoms with Gasteiger partial charge in [-0.2, -0.15) is 0 Å². The average molecular weight is 309 g/mol. The molecule has 1 aromatic carbocycles. The molecule has 0 saturated carbocycles. The van der Waals surface area contributed by atoms with E-state index in [0.29, 0.717) is 16.8 Å². The van der Waals surface area contributed by atoms with Crippen LogP contribution < -0.4 is 5.56 Å². The molecule has 0 spiro atoms. The van der Waals surface area contributed by atoms with Gasteiger partial charge in [-0.3, -0.25) is 9.36 Å². The largest absolute Gasteiger partial charge is 0.444 e. The third kappa shape index (κ3) is 2.36. The van der Waals surface area contributed by atoms with Crippen molar-refractivity contribution >= 4 is 10.9 Å². The summed E-state index contributed by atoms with van der Waals surface area (Å²) in [7, 11) is 0. The van der Waals surface area contributed by atoms with Crippen LogP contribution in [0.5, 0.6) is 0 Å². The van der Waals surface area contributed by atoms with Crippen molar-refractivity contribution in [1.29, 1.82) is 0 Å². The SMILES string of the molecule is Cc1coc(-c2ccc3c(=O)n4c(nc3c2)CCC(C)(C)C4)n1. The zero-order valence-corrected chi connectivity index (χ0v) is 13.6. The van der Waals surface area contributed by atoms with Crippen molar-refractivity contribution in [2.75, 3.05) is 0 Å². The van der Waals surface area contributed by atoms with Crippen LogP contribution in [-0.2, 0) is 13.0 Å². The predicted molar refractivity (Wildman–Crippen MR) is 88.3 cm³/mol. The van der Waals surface area contributed by atoms with E-state index in [1.165, 1.54) is 0 Å². The molecular formula is C18H19N3O2. The fraction of sp³-hybridized carbons (Fsp3) is 0.389. The van der Waals surface area contributed by atoms with Gasteiger partial charge in [-0.1, -0.05) is 13.8 Å². The number of hydrogen-bond acceptors (Lipinski definition) is 4. The van der Waals surface area contributed by atoms with Gasteiger partial charge in [-0.15, -0.1) is 0 Å². The molecule has 3 aromatic rings. The Balaban J connectivity index is 1.89. The third-order valence-electron chi connectivity index (χ3n) is 4.51. The van der Waals surface area contributed by atoms with Crippen LogP contribution in [0.4, 0.5) is 0 Å². The molecule has 0 fully saturated rings. The zero-order chi connectivity index (χ0) is 16.2. The van der Waals surface area contributed by atoms with Crippen molar-refractivity contribution in [3.8, 4) is 11.5 Å². The molecule has 23 heavy (non-hydrogen) atoms. The molecule has 4 rings (SSSR count). The third-order valence-corrected chi connectivity index (χ3v) is 4.51. The van der Waals surface area contributed by atoms with Crippen LogP contribution in [0.3, 0.4) is 0 Å². The molecule has 0 saturated heterocycles. The molecule has 5 nitrogen and oxygen atoms in total. The standard InChI is InChI=1S/C18H19N3O2/c1-11-9-23-16(19-11)12-4-5-13-14(8-12)20-15-6-7-18(2,3)10-21(15)17(13)22/h4-5,8-9H,6-7,10H2,1-3H3. The van der Waals surface area contributed by atoms with E-state index in [0.717, 1.165) is 36.5 Å². The Hall–Kier alpha value is -2.43. The molecule has 0 unspecified atom stereocenters. The second-order valence-electron chi connectivity index (χ2n) is 7.11. The number of fused-ring (bicyclic) bond motifs is 2. The summed E-state index contributed by atoms with van der Waals surface area (Å²) in [5.41, 5.74) is 2.59. The quantitative estimate of drug-likeness (QED) is 0.692. The van der Waals surface area contributed by atoms with E-state index in [4.69, 9.17) is 9.40 Å². The van der Waals surface area contributed by atoms with Gasteiger partial charge in [0.1, 0.15) is 12.1 Å². The first-order valence-corrected chi connectivity index (χ1v) is 7.89. The summed E-state index contributed by atoms with van der Waals surface area (Å²) in [5.74, 6) is 1.44. The van der Waals surface area contributed by atoms with Crippen molar-refractivity contribution in [3.63, 3.8) is 0 Å². The second-order valence-corrected chi connectivity index (χ2v) is 7.11. The van der Waals surface area contributed by atoms with Crippen LogP contribution in [0, 0.1) is 12.3 Å². The fourth-order valence-electron chi connectivity index (χ4n) is 3.20. The van der Waals surface area contributed by atoms with Crippen LogP contribution in [0.15, 0.2) is 33.7 Å². The van der Waals surface area contributed by atoms with Gasteiger partial charge in [0.05, 0.1) is 16.6 Å². The fourth-order valence-corrected chi connectivity index (χ4v) is 3.20. The first-order chi connectivity index (χ1) is 10.9. The zero-order valence-electron chi connectivity index (χ0n) is 13.6. The molecule has 0 N–H and O–H groups in total. The lowest BCUT2D eigenvalue weighted by Gasteiger charge is -2.31. The van der Waals surface area contributed by atoms with Crippen molar-refractivity contribution < 1.29 is 4.42 Å². The Kier molecular flexibility index (Phi) is 2.95. The minimum atomic E-state index is 0.0490. The van der Waals surface area contributed by atoms with Gasteiger partial charge in [0, 0.05) is 18.5 Å². The van der Waals surface area contributed by atoms with Crippen LogP contribution in [0.25, 0.3) is 22.4 Å². The number of benzene rings is 1. The first kappa shape index (κ1) is 14.2. The van der Waals surface area contributed by atoms with Crippen LogP contribution in [-0.4, -0.2) is 14.5 Å². The first-order valence-electron chi connectivity index (χ1n) is 7.89. The summed E-state index contributed by atoms with van der Waals surface area (Å²) in [6.07, 6.45) is 3.50. The van der Waals surface area contributed by atoms with E-state index < -0.39 is 0 Å². The number of rotatable bonds is 1. The van der Waals surface area contributed by atoms with Crippen molar-refractivity contribution in [3.05, 3.63) is 46.3 Å². The Bertz CT molecular complexity index is 966. The van der Waals surface area contributed by atoms with Crippen LogP contribution in [0.1, 0.15) is 31.8 Å². The molecule has 1 aliphatic heterocycles. The number of nitrogens with zero attached hydrogens (tertiary/aromatic N) is 3. The lowest BCUT2D eigenvalue weighted by atomic mass is 9.85. The smallest absolute Gasteiger partial charge is 0.261 e. The molecule has 118 valence electrons. The molecule has 1 aliphatic rings. The number of hydrogen-bond donors (Lipinski definition) is 0. The molecule has 5 heteroatoms. The van der Waals surface area contributed by atoms with Crippen molar-refractivity contribution in [2.45, 2.75) is 40.2 Å². The van der Waals surface area contributed by atoms with E-state index in [1.54, 1.807) is 6.26 Å². The highest BCUT2D eigenvalue weighted by molar-refractivity contribution is 5.82. The summed E-state index contributed by atoms with van der Waals surface area (Å²) in [5, 5.41) is 0.651.